The van der Waals surface area contributed by atoms with Crippen molar-refractivity contribution in [1.29, 1.82) is 0 Å². The van der Waals surface area contributed by atoms with Crippen molar-refractivity contribution in [3.8, 4) is 5.75 Å². The number of hydrogen-bond donors (Lipinski definition) is 2. The van der Waals surface area contributed by atoms with E-state index >= 15 is 0 Å². The lowest BCUT2D eigenvalue weighted by molar-refractivity contribution is 0.102. The van der Waals surface area contributed by atoms with E-state index in [1.807, 2.05) is 0 Å². The minimum absolute atomic E-state index is 0.182. The number of methoxy groups -OCH3 is 1. The molecule has 0 saturated heterocycles. The molecule has 0 unspecified atom stereocenters. The number of carbonyl (C=O) groups is 1. The van der Waals surface area contributed by atoms with Crippen molar-refractivity contribution in [1.82, 2.24) is 0 Å². The zero-order valence-electron chi connectivity index (χ0n) is 10.6. The number of hydrogen-bond acceptors (Lipinski definition) is 3. The highest BCUT2D eigenvalue weighted by molar-refractivity contribution is 6.34. The molecular formula is C14H12ClFN2O2. The van der Waals surface area contributed by atoms with Gasteiger partial charge in [-0.1, -0.05) is 11.6 Å². The molecule has 2 aromatic rings. The summed E-state index contributed by atoms with van der Waals surface area (Å²) in [6, 6.07) is 8.38. The van der Waals surface area contributed by atoms with Crippen LogP contribution in [0.25, 0.3) is 0 Å². The molecule has 0 aliphatic carbocycles. The van der Waals surface area contributed by atoms with Crippen LogP contribution in [-0.4, -0.2) is 13.0 Å². The Balaban J connectivity index is 2.32. The van der Waals surface area contributed by atoms with Gasteiger partial charge in [0.1, 0.15) is 11.6 Å². The maximum atomic E-state index is 13.2. The summed E-state index contributed by atoms with van der Waals surface area (Å²) in [5.41, 5.74) is 6.49. The second kappa shape index (κ2) is 5.79. The molecule has 0 bridgehead atoms. The number of halogens is 2. The van der Waals surface area contributed by atoms with Crippen LogP contribution in [0.3, 0.4) is 0 Å². The molecule has 0 radical (unpaired) electrons. The van der Waals surface area contributed by atoms with Crippen LogP contribution < -0.4 is 15.8 Å². The number of amides is 1. The average Bonchev–Trinajstić information content (AvgIpc) is 2.42. The third-order valence-corrected chi connectivity index (χ3v) is 2.97. The Morgan fingerprint density at radius 1 is 1.30 bits per heavy atom. The first-order chi connectivity index (χ1) is 9.51. The van der Waals surface area contributed by atoms with Gasteiger partial charge in [0, 0.05) is 5.69 Å². The van der Waals surface area contributed by atoms with Crippen LogP contribution in [-0.2, 0) is 0 Å². The number of anilines is 2. The zero-order valence-corrected chi connectivity index (χ0v) is 11.4. The molecule has 2 rings (SSSR count). The first kappa shape index (κ1) is 14.1. The van der Waals surface area contributed by atoms with Crippen molar-refractivity contribution in [3.05, 3.63) is 52.8 Å². The third-order valence-electron chi connectivity index (χ3n) is 2.64. The van der Waals surface area contributed by atoms with Crippen LogP contribution in [0.5, 0.6) is 5.75 Å². The predicted octanol–water partition coefficient (Wildman–Crippen LogP) is 3.32. The van der Waals surface area contributed by atoms with E-state index in [1.165, 1.54) is 25.3 Å². The summed E-state index contributed by atoms with van der Waals surface area (Å²) in [7, 11) is 1.44. The largest absolute Gasteiger partial charge is 0.496 e. The highest BCUT2D eigenvalue weighted by atomic mass is 35.5. The van der Waals surface area contributed by atoms with Crippen LogP contribution in [0.15, 0.2) is 36.4 Å². The van der Waals surface area contributed by atoms with E-state index in [0.29, 0.717) is 11.4 Å². The van der Waals surface area contributed by atoms with Crippen molar-refractivity contribution >= 4 is 28.9 Å². The number of nitrogen functional groups attached to an aromatic ring is 1. The molecule has 0 atom stereocenters. The standard InChI is InChI=1S/C14H12ClFN2O2/c1-20-13-5-3-9(17)7-10(13)14(19)18-12-6-8(16)2-4-11(12)15/h2-7H,17H2,1H3,(H,18,19). The molecule has 104 valence electrons. The Morgan fingerprint density at radius 2 is 2.05 bits per heavy atom. The molecule has 20 heavy (non-hydrogen) atoms. The SMILES string of the molecule is COc1ccc(N)cc1C(=O)Nc1cc(F)ccc1Cl. The molecule has 0 aliphatic heterocycles. The van der Waals surface area contributed by atoms with E-state index in [0.717, 1.165) is 6.07 Å². The monoisotopic (exact) mass is 294 g/mol. The van der Waals surface area contributed by atoms with Crippen LogP contribution in [0, 0.1) is 5.82 Å². The second-order valence-electron chi connectivity index (χ2n) is 4.04. The molecule has 6 heteroatoms. The summed E-state index contributed by atoms with van der Waals surface area (Å²) in [6.45, 7) is 0. The summed E-state index contributed by atoms with van der Waals surface area (Å²) in [6.07, 6.45) is 0. The van der Waals surface area contributed by atoms with Gasteiger partial charge in [0.2, 0.25) is 0 Å². The van der Waals surface area contributed by atoms with E-state index in [4.69, 9.17) is 22.1 Å². The Morgan fingerprint density at radius 3 is 2.75 bits per heavy atom. The number of rotatable bonds is 3. The van der Waals surface area contributed by atoms with Crippen molar-refractivity contribution in [2.75, 3.05) is 18.2 Å². The first-order valence-corrected chi connectivity index (χ1v) is 6.09. The molecule has 0 fully saturated rings. The first-order valence-electron chi connectivity index (χ1n) is 5.71. The van der Waals surface area contributed by atoms with Gasteiger partial charge in [-0.2, -0.15) is 0 Å². The maximum absolute atomic E-state index is 13.2. The normalized spacial score (nSPS) is 10.2. The molecule has 0 saturated carbocycles. The summed E-state index contributed by atoms with van der Waals surface area (Å²) in [5.74, 6) is -0.616. The van der Waals surface area contributed by atoms with Crippen LogP contribution in [0.1, 0.15) is 10.4 Å². The quantitative estimate of drug-likeness (QED) is 0.854. The fourth-order valence-electron chi connectivity index (χ4n) is 1.69. The number of ether oxygens (including phenoxy) is 1. The summed E-state index contributed by atoms with van der Waals surface area (Å²) in [5, 5.41) is 2.76. The summed E-state index contributed by atoms with van der Waals surface area (Å²) >= 11 is 5.90. The van der Waals surface area contributed by atoms with Gasteiger partial charge in [-0.15, -0.1) is 0 Å². The van der Waals surface area contributed by atoms with Crippen LogP contribution in [0.2, 0.25) is 5.02 Å². The van der Waals surface area contributed by atoms with Gasteiger partial charge in [0.25, 0.3) is 5.91 Å². The molecule has 1 amide bonds. The van der Waals surface area contributed by atoms with Crippen molar-refractivity contribution in [2.24, 2.45) is 0 Å². The predicted molar refractivity (Wildman–Crippen MR) is 76.8 cm³/mol. The van der Waals surface area contributed by atoms with E-state index in [2.05, 4.69) is 5.32 Å². The van der Waals surface area contributed by atoms with Crippen LogP contribution >= 0.6 is 11.6 Å². The van der Waals surface area contributed by atoms with Gasteiger partial charge in [0.05, 0.1) is 23.4 Å². The molecule has 4 nitrogen and oxygen atoms in total. The molecule has 0 aromatic heterocycles. The lowest BCUT2D eigenvalue weighted by atomic mass is 10.1. The number of carbonyl (C=O) groups excluding carboxylic acids is 1. The Kier molecular flexibility index (Phi) is 4.10. The Hall–Kier alpha value is -2.27. The van der Waals surface area contributed by atoms with E-state index in [1.54, 1.807) is 12.1 Å². The zero-order chi connectivity index (χ0) is 14.7. The lowest BCUT2D eigenvalue weighted by Gasteiger charge is -2.11. The van der Waals surface area contributed by atoms with Gasteiger partial charge >= 0.3 is 0 Å². The minimum Gasteiger partial charge on any atom is -0.496 e. The summed E-state index contributed by atoms with van der Waals surface area (Å²) < 4.78 is 18.2. The van der Waals surface area contributed by atoms with Gasteiger partial charge in [-0.25, -0.2) is 4.39 Å². The molecule has 2 aromatic carbocycles. The topological polar surface area (TPSA) is 64.3 Å². The summed E-state index contributed by atoms with van der Waals surface area (Å²) in [4.78, 5) is 12.2. The van der Waals surface area contributed by atoms with Crippen molar-refractivity contribution < 1.29 is 13.9 Å². The molecule has 3 N–H and O–H groups in total. The van der Waals surface area contributed by atoms with Gasteiger partial charge in [-0.05, 0) is 36.4 Å². The van der Waals surface area contributed by atoms with Gasteiger partial charge in [-0.3, -0.25) is 4.79 Å². The highest BCUT2D eigenvalue weighted by Gasteiger charge is 2.14. The number of nitrogens with one attached hydrogen (secondary N) is 1. The molecule has 0 aliphatic rings. The third kappa shape index (κ3) is 3.00. The van der Waals surface area contributed by atoms with E-state index in [9.17, 15) is 9.18 Å². The van der Waals surface area contributed by atoms with Gasteiger partial charge < -0.3 is 15.8 Å². The minimum atomic E-state index is -0.496. The Labute approximate surface area is 120 Å². The lowest BCUT2D eigenvalue weighted by Crippen LogP contribution is -2.14. The van der Waals surface area contributed by atoms with E-state index < -0.39 is 11.7 Å². The van der Waals surface area contributed by atoms with Crippen molar-refractivity contribution in [2.45, 2.75) is 0 Å². The second-order valence-corrected chi connectivity index (χ2v) is 4.45. The number of nitrogens with two attached hydrogens (primary N) is 1. The maximum Gasteiger partial charge on any atom is 0.259 e. The smallest absolute Gasteiger partial charge is 0.259 e. The average molecular weight is 295 g/mol. The Bertz CT molecular complexity index is 662. The van der Waals surface area contributed by atoms with Crippen molar-refractivity contribution in [3.63, 3.8) is 0 Å². The highest BCUT2D eigenvalue weighted by Crippen LogP contribution is 2.26. The molecule has 0 spiro atoms. The fourth-order valence-corrected chi connectivity index (χ4v) is 1.85. The van der Waals surface area contributed by atoms with E-state index in [-0.39, 0.29) is 16.3 Å². The van der Waals surface area contributed by atoms with Gasteiger partial charge in [0.15, 0.2) is 0 Å². The molecular weight excluding hydrogens is 283 g/mol. The number of benzene rings is 2. The van der Waals surface area contributed by atoms with Crippen LogP contribution in [0.4, 0.5) is 15.8 Å². The fraction of sp³-hybridized carbons (Fsp3) is 0.0714. The molecule has 0 heterocycles.